The Hall–Kier alpha value is -1.02. The summed E-state index contributed by atoms with van der Waals surface area (Å²) in [5, 5.41) is 3.32. The maximum absolute atomic E-state index is 5.83. The number of fused-ring (bicyclic) bond motifs is 1. The molecule has 1 aromatic carbocycles. The molecule has 0 amide bonds. The molecule has 0 unspecified atom stereocenters. The first-order valence-electron chi connectivity index (χ1n) is 5.19. The third-order valence-corrected chi connectivity index (χ3v) is 2.90. The largest absolute Gasteiger partial charge is 0.487 e. The lowest BCUT2D eigenvalue weighted by Gasteiger charge is -2.16. The number of ether oxygens (including phenoxy) is 1. The molecule has 1 aromatic rings. The highest BCUT2D eigenvalue weighted by molar-refractivity contribution is 5.43. The molecule has 2 aliphatic heterocycles. The zero-order chi connectivity index (χ0) is 9.76. The molecular weight excluding hydrogens is 174 g/mol. The van der Waals surface area contributed by atoms with E-state index < -0.39 is 0 Å². The highest BCUT2D eigenvalue weighted by atomic mass is 16.5. The van der Waals surface area contributed by atoms with Gasteiger partial charge in [-0.3, -0.25) is 0 Å². The van der Waals surface area contributed by atoms with Crippen molar-refractivity contribution in [1.29, 1.82) is 0 Å². The standard InChI is InChI=1S/C12H15NO/c1-12(2)6-9-5-8(10-7-13-10)3-4-11(9)14-12/h3-5,10,13H,6-7H2,1-2H3/t10-/m1/s1. The maximum atomic E-state index is 5.83. The molecule has 1 N–H and O–H groups in total. The van der Waals surface area contributed by atoms with E-state index in [0.717, 1.165) is 18.7 Å². The van der Waals surface area contributed by atoms with Crippen LogP contribution in [0.25, 0.3) is 0 Å². The molecule has 2 nitrogen and oxygen atoms in total. The summed E-state index contributed by atoms with van der Waals surface area (Å²) in [5.41, 5.74) is 2.75. The van der Waals surface area contributed by atoms with E-state index in [1.807, 2.05) is 0 Å². The Morgan fingerprint density at radius 2 is 2.21 bits per heavy atom. The van der Waals surface area contributed by atoms with E-state index in [-0.39, 0.29) is 5.60 Å². The normalized spacial score (nSPS) is 26.9. The summed E-state index contributed by atoms with van der Waals surface area (Å²) in [6, 6.07) is 7.17. The first kappa shape index (κ1) is 8.30. The van der Waals surface area contributed by atoms with Gasteiger partial charge in [-0.2, -0.15) is 0 Å². The second kappa shape index (κ2) is 2.51. The molecule has 0 aliphatic carbocycles. The Morgan fingerprint density at radius 3 is 2.93 bits per heavy atom. The number of hydrogen-bond donors (Lipinski definition) is 1. The van der Waals surface area contributed by atoms with Gasteiger partial charge < -0.3 is 10.1 Å². The van der Waals surface area contributed by atoms with Crippen LogP contribution < -0.4 is 10.1 Å². The number of hydrogen-bond acceptors (Lipinski definition) is 2. The third kappa shape index (κ3) is 1.30. The molecule has 1 fully saturated rings. The lowest BCUT2D eigenvalue weighted by atomic mass is 9.99. The molecule has 0 bridgehead atoms. The third-order valence-electron chi connectivity index (χ3n) is 2.90. The van der Waals surface area contributed by atoms with E-state index in [0.29, 0.717) is 6.04 Å². The Balaban J connectivity index is 1.97. The van der Waals surface area contributed by atoms with Crippen LogP contribution in [0, 0.1) is 0 Å². The van der Waals surface area contributed by atoms with Gasteiger partial charge in [0.1, 0.15) is 11.4 Å². The summed E-state index contributed by atoms with van der Waals surface area (Å²) in [5.74, 6) is 1.07. The summed E-state index contributed by atoms with van der Waals surface area (Å²) in [7, 11) is 0. The molecule has 0 aromatic heterocycles. The van der Waals surface area contributed by atoms with Crippen LogP contribution >= 0.6 is 0 Å². The summed E-state index contributed by atoms with van der Waals surface area (Å²) in [4.78, 5) is 0. The van der Waals surface area contributed by atoms with Crippen LogP contribution in [0.5, 0.6) is 5.75 Å². The van der Waals surface area contributed by atoms with Crippen LogP contribution in [0.3, 0.4) is 0 Å². The highest BCUT2D eigenvalue weighted by Crippen LogP contribution is 2.37. The average molecular weight is 189 g/mol. The summed E-state index contributed by atoms with van der Waals surface area (Å²) >= 11 is 0. The van der Waals surface area contributed by atoms with Gasteiger partial charge in [0.2, 0.25) is 0 Å². The molecule has 74 valence electrons. The van der Waals surface area contributed by atoms with E-state index in [1.54, 1.807) is 0 Å². The molecule has 0 spiro atoms. The zero-order valence-corrected chi connectivity index (χ0v) is 8.63. The van der Waals surface area contributed by atoms with Crippen molar-refractivity contribution < 1.29 is 4.74 Å². The number of rotatable bonds is 1. The summed E-state index contributed by atoms with van der Waals surface area (Å²) in [6.45, 7) is 5.41. The second-order valence-corrected chi connectivity index (χ2v) is 4.87. The van der Waals surface area contributed by atoms with Gasteiger partial charge in [-0.05, 0) is 31.0 Å². The van der Waals surface area contributed by atoms with E-state index >= 15 is 0 Å². The SMILES string of the molecule is CC1(C)Cc2cc([C@H]3CN3)ccc2O1. The molecule has 2 heteroatoms. The molecule has 14 heavy (non-hydrogen) atoms. The molecule has 0 saturated carbocycles. The fourth-order valence-corrected chi connectivity index (χ4v) is 2.14. The lowest BCUT2D eigenvalue weighted by molar-refractivity contribution is 0.138. The van der Waals surface area contributed by atoms with Crippen molar-refractivity contribution in [2.24, 2.45) is 0 Å². The molecule has 3 rings (SSSR count). The number of nitrogens with one attached hydrogen (secondary N) is 1. The van der Waals surface area contributed by atoms with Gasteiger partial charge in [0.25, 0.3) is 0 Å². The van der Waals surface area contributed by atoms with Crippen molar-refractivity contribution in [3.05, 3.63) is 29.3 Å². The van der Waals surface area contributed by atoms with Crippen molar-refractivity contribution in [2.45, 2.75) is 31.9 Å². The van der Waals surface area contributed by atoms with Crippen molar-refractivity contribution in [2.75, 3.05) is 6.54 Å². The average Bonchev–Trinajstić information content (AvgIpc) is 2.86. The Morgan fingerprint density at radius 1 is 1.43 bits per heavy atom. The first-order valence-corrected chi connectivity index (χ1v) is 5.19. The summed E-state index contributed by atoms with van der Waals surface area (Å²) in [6.07, 6.45) is 1.03. The predicted molar refractivity (Wildman–Crippen MR) is 55.6 cm³/mol. The Labute approximate surface area is 84.3 Å². The minimum absolute atomic E-state index is 0.0159. The van der Waals surface area contributed by atoms with Gasteiger partial charge in [-0.15, -0.1) is 0 Å². The Kier molecular flexibility index (Phi) is 1.49. The van der Waals surface area contributed by atoms with Crippen LogP contribution in [-0.4, -0.2) is 12.1 Å². The van der Waals surface area contributed by atoms with Crippen LogP contribution in [0.4, 0.5) is 0 Å². The minimum atomic E-state index is -0.0159. The van der Waals surface area contributed by atoms with E-state index in [2.05, 4.69) is 37.4 Å². The van der Waals surface area contributed by atoms with Gasteiger partial charge in [0, 0.05) is 19.0 Å². The predicted octanol–water partition coefficient (Wildman–Crippen LogP) is 2.04. The zero-order valence-electron chi connectivity index (χ0n) is 8.63. The van der Waals surface area contributed by atoms with E-state index in [4.69, 9.17) is 4.74 Å². The molecule has 1 atom stereocenters. The van der Waals surface area contributed by atoms with Crippen molar-refractivity contribution in [3.8, 4) is 5.75 Å². The van der Waals surface area contributed by atoms with Gasteiger partial charge in [-0.25, -0.2) is 0 Å². The minimum Gasteiger partial charge on any atom is -0.487 e. The van der Waals surface area contributed by atoms with Crippen LogP contribution in [-0.2, 0) is 6.42 Å². The quantitative estimate of drug-likeness (QED) is 0.685. The van der Waals surface area contributed by atoms with Crippen molar-refractivity contribution in [1.82, 2.24) is 5.32 Å². The van der Waals surface area contributed by atoms with Gasteiger partial charge in [-0.1, -0.05) is 12.1 Å². The first-order chi connectivity index (χ1) is 6.64. The van der Waals surface area contributed by atoms with Crippen molar-refractivity contribution in [3.63, 3.8) is 0 Å². The Bertz CT molecular complexity index is 380. The smallest absolute Gasteiger partial charge is 0.123 e. The monoisotopic (exact) mass is 189 g/mol. The fourth-order valence-electron chi connectivity index (χ4n) is 2.14. The van der Waals surface area contributed by atoms with Gasteiger partial charge >= 0.3 is 0 Å². The molecule has 0 radical (unpaired) electrons. The topological polar surface area (TPSA) is 31.2 Å². The van der Waals surface area contributed by atoms with E-state index in [9.17, 15) is 0 Å². The number of benzene rings is 1. The van der Waals surface area contributed by atoms with Crippen LogP contribution in [0.1, 0.15) is 31.0 Å². The highest BCUT2D eigenvalue weighted by Gasteiger charge is 2.31. The molecule has 2 aliphatic rings. The summed E-state index contributed by atoms with van der Waals surface area (Å²) < 4.78 is 5.83. The van der Waals surface area contributed by atoms with Gasteiger partial charge in [0.15, 0.2) is 0 Å². The fraction of sp³-hybridized carbons (Fsp3) is 0.500. The van der Waals surface area contributed by atoms with E-state index in [1.165, 1.54) is 11.1 Å². The van der Waals surface area contributed by atoms with Crippen LogP contribution in [0.2, 0.25) is 0 Å². The molecular formula is C12H15NO. The maximum Gasteiger partial charge on any atom is 0.123 e. The van der Waals surface area contributed by atoms with Crippen molar-refractivity contribution >= 4 is 0 Å². The second-order valence-electron chi connectivity index (χ2n) is 4.87. The molecule has 2 heterocycles. The van der Waals surface area contributed by atoms with Crippen LogP contribution in [0.15, 0.2) is 18.2 Å². The lowest BCUT2D eigenvalue weighted by Crippen LogP contribution is -2.24. The molecule has 1 saturated heterocycles. The van der Waals surface area contributed by atoms with Gasteiger partial charge in [0.05, 0.1) is 0 Å².